The van der Waals surface area contributed by atoms with Gasteiger partial charge in [0.15, 0.2) is 0 Å². The molecule has 0 saturated carbocycles. The van der Waals surface area contributed by atoms with Crippen molar-refractivity contribution in [2.75, 3.05) is 46.6 Å². The van der Waals surface area contributed by atoms with Crippen LogP contribution in [0, 0.1) is 0 Å². The van der Waals surface area contributed by atoms with Crippen LogP contribution in [-0.2, 0) is 14.2 Å². The van der Waals surface area contributed by atoms with Crippen molar-refractivity contribution < 1.29 is 33.0 Å². The minimum atomic E-state index is -0.936. The summed E-state index contributed by atoms with van der Waals surface area (Å²) < 4.78 is 19.6. The average molecular weight is 364 g/mol. The number of hydrogen-bond acceptors (Lipinski definition) is 8. The molecule has 9 nitrogen and oxygen atoms in total. The summed E-state index contributed by atoms with van der Waals surface area (Å²) in [6.07, 6.45) is -0.936. The van der Waals surface area contributed by atoms with Crippen LogP contribution in [0.5, 0.6) is 0 Å². The van der Waals surface area contributed by atoms with E-state index in [-0.39, 0.29) is 29.2 Å². The van der Waals surface area contributed by atoms with E-state index in [2.05, 4.69) is 14.4 Å². The van der Waals surface area contributed by atoms with Gasteiger partial charge in [-0.2, -0.15) is 0 Å². The van der Waals surface area contributed by atoms with Crippen molar-refractivity contribution >= 4 is 29.2 Å². The third kappa shape index (κ3) is 3.57. The monoisotopic (exact) mass is 364 g/mol. The lowest BCUT2D eigenvalue weighted by Gasteiger charge is -2.32. The molecule has 1 amide bonds. The van der Waals surface area contributed by atoms with Crippen molar-refractivity contribution in [2.45, 2.75) is 6.92 Å². The number of furan rings is 2. The highest BCUT2D eigenvalue weighted by molar-refractivity contribution is 6.14. The largest absolute Gasteiger partial charge is 0.511 e. The number of carbonyl (C=O) groups is 3. The summed E-state index contributed by atoms with van der Waals surface area (Å²) in [5.74, 6) is -1.06. The third-order valence-electron chi connectivity index (χ3n) is 4.19. The number of hydrogen-bond donors (Lipinski definition) is 0. The fraction of sp³-hybridized carbons (Fsp3) is 0.471. The Morgan fingerprint density at radius 3 is 2.31 bits per heavy atom. The van der Waals surface area contributed by atoms with E-state index < -0.39 is 18.9 Å². The standard InChI is InChI=1S/C17H20N2O7/c1-3-23-17(22)25-10-24-16(21)14-12-5-4-11(26-12)13(14)15(20)19-8-6-18(2)7-9-19/h4-5H,3,6-10H2,1-2H3. The lowest BCUT2D eigenvalue weighted by Crippen LogP contribution is -2.47. The molecule has 140 valence electrons. The summed E-state index contributed by atoms with van der Waals surface area (Å²) in [4.78, 5) is 40.2. The van der Waals surface area contributed by atoms with Gasteiger partial charge in [-0.05, 0) is 26.1 Å². The van der Waals surface area contributed by atoms with Crippen molar-refractivity contribution in [1.29, 1.82) is 0 Å². The Bertz CT molecular complexity index is 792. The van der Waals surface area contributed by atoms with E-state index in [0.717, 1.165) is 13.1 Å². The van der Waals surface area contributed by atoms with Gasteiger partial charge < -0.3 is 28.4 Å². The summed E-state index contributed by atoms with van der Waals surface area (Å²) in [6, 6.07) is 3.24. The number of rotatable bonds is 5. The zero-order valence-corrected chi connectivity index (χ0v) is 14.6. The highest BCUT2D eigenvalue weighted by Gasteiger charge is 2.32. The summed E-state index contributed by atoms with van der Waals surface area (Å²) in [7, 11) is 1.99. The van der Waals surface area contributed by atoms with Crippen LogP contribution in [0.1, 0.15) is 27.6 Å². The van der Waals surface area contributed by atoms with Crippen LogP contribution < -0.4 is 0 Å². The highest BCUT2D eigenvalue weighted by atomic mass is 16.8. The Morgan fingerprint density at radius 2 is 1.65 bits per heavy atom. The predicted octanol–water partition coefficient (Wildman–Crippen LogP) is 1.55. The van der Waals surface area contributed by atoms with E-state index in [1.165, 1.54) is 0 Å². The zero-order chi connectivity index (χ0) is 18.7. The molecule has 1 fully saturated rings. The second-order valence-corrected chi connectivity index (χ2v) is 5.89. The topological polar surface area (TPSA) is 98.5 Å². The third-order valence-corrected chi connectivity index (χ3v) is 4.19. The molecule has 9 heteroatoms. The summed E-state index contributed by atoms with van der Waals surface area (Å²) in [5, 5.41) is 0. The van der Waals surface area contributed by atoms with Crippen molar-refractivity contribution in [1.82, 2.24) is 9.80 Å². The van der Waals surface area contributed by atoms with Crippen molar-refractivity contribution in [3.8, 4) is 0 Å². The molecule has 26 heavy (non-hydrogen) atoms. The lowest BCUT2D eigenvalue weighted by atomic mass is 10.1. The number of amides is 1. The van der Waals surface area contributed by atoms with Crippen molar-refractivity contribution in [3.63, 3.8) is 0 Å². The number of likely N-dealkylation sites (N-methyl/N-ethyl adjacent to an activating group) is 1. The first kappa shape index (κ1) is 18.0. The quantitative estimate of drug-likeness (QED) is 0.582. The van der Waals surface area contributed by atoms with E-state index in [1.807, 2.05) is 7.05 Å². The molecule has 0 unspecified atom stereocenters. The molecule has 2 bridgehead atoms. The van der Waals surface area contributed by atoms with Gasteiger partial charge in [0.05, 0.1) is 6.61 Å². The van der Waals surface area contributed by atoms with Crippen LogP contribution in [0.3, 0.4) is 0 Å². The number of nitrogens with zero attached hydrogens (tertiary/aromatic N) is 2. The molecule has 0 aliphatic carbocycles. The van der Waals surface area contributed by atoms with Crippen LogP contribution in [0.2, 0.25) is 0 Å². The summed E-state index contributed by atoms with van der Waals surface area (Å²) in [5.41, 5.74) is 0.841. The first-order chi connectivity index (χ1) is 12.5. The molecular formula is C17H20N2O7. The number of carbonyl (C=O) groups excluding carboxylic acids is 3. The van der Waals surface area contributed by atoms with Gasteiger partial charge in [0.1, 0.15) is 22.3 Å². The van der Waals surface area contributed by atoms with E-state index in [9.17, 15) is 14.4 Å². The zero-order valence-electron chi connectivity index (χ0n) is 14.6. The molecule has 2 aromatic rings. The minimum Gasteiger partial charge on any atom is -0.456 e. The maximum absolute atomic E-state index is 12.9. The molecule has 0 aromatic carbocycles. The first-order valence-corrected chi connectivity index (χ1v) is 8.30. The normalized spacial score (nSPS) is 15.2. The van der Waals surface area contributed by atoms with Gasteiger partial charge in [-0.25, -0.2) is 9.59 Å². The minimum absolute atomic E-state index is 0.0545. The predicted molar refractivity (Wildman–Crippen MR) is 89.2 cm³/mol. The van der Waals surface area contributed by atoms with Gasteiger partial charge >= 0.3 is 12.1 Å². The molecule has 0 atom stereocenters. The first-order valence-electron chi connectivity index (χ1n) is 8.30. The number of benzene rings is 1. The molecule has 2 aromatic heterocycles. The van der Waals surface area contributed by atoms with Gasteiger partial charge in [0.2, 0.25) is 6.79 Å². The lowest BCUT2D eigenvalue weighted by molar-refractivity contribution is -0.0262. The molecule has 0 radical (unpaired) electrons. The maximum atomic E-state index is 12.9. The van der Waals surface area contributed by atoms with Crippen molar-refractivity contribution in [2.24, 2.45) is 0 Å². The SMILES string of the molecule is CCOC(=O)OCOC(=O)c1c(C(=O)N2CCN(C)CC2)c2ccc1o2. The molecule has 1 aliphatic heterocycles. The number of fused-ring (bicyclic) bond motifs is 2. The van der Waals surface area contributed by atoms with Crippen LogP contribution in [0.4, 0.5) is 4.79 Å². The molecule has 1 aliphatic rings. The van der Waals surface area contributed by atoms with Crippen LogP contribution in [0.15, 0.2) is 16.5 Å². The number of piperazine rings is 1. The molecular weight excluding hydrogens is 344 g/mol. The fourth-order valence-corrected chi connectivity index (χ4v) is 2.80. The van der Waals surface area contributed by atoms with E-state index in [1.54, 1.807) is 24.0 Å². The Balaban J connectivity index is 1.71. The van der Waals surface area contributed by atoms with Gasteiger partial charge in [-0.3, -0.25) is 4.79 Å². The van der Waals surface area contributed by atoms with E-state index in [0.29, 0.717) is 18.7 Å². The second-order valence-electron chi connectivity index (χ2n) is 5.89. The Morgan fingerprint density at radius 1 is 1.00 bits per heavy atom. The number of ether oxygens (including phenoxy) is 3. The van der Waals surface area contributed by atoms with Gasteiger partial charge in [0, 0.05) is 26.2 Å². The fourth-order valence-electron chi connectivity index (χ4n) is 2.80. The van der Waals surface area contributed by atoms with Crippen LogP contribution in [0.25, 0.3) is 11.2 Å². The van der Waals surface area contributed by atoms with Crippen LogP contribution >= 0.6 is 0 Å². The summed E-state index contributed by atoms with van der Waals surface area (Å²) >= 11 is 0. The highest BCUT2D eigenvalue weighted by Crippen LogP contribution is 2.30. The Hall–Kier alpha value is -2.81. The molecule has 3 heterocycles. The molecule has 0 spiro atoms. The van der Waals surface area contributed by atoms with Gasteiger partial charge in [-0.15, -0.1) is 0 Å². The smallest absolute Gasteiger partial charge is 0.456 e. The van der Waals surface area contributed by atoms with Gasteiger partial charge in [0.25, 0.3) is 5.91 Å². The van der Waals surface area contributed by atoms with Crippen LogP contribution in [-0.4, -0.2) is 74.5 Å². The number of esters is 1. The van der Waals surface area contributed by atoms with E-state index in [4.69, 9.17) is 9.15 Å². The molecule has 1 saturated heterocycles. The second kappa shape index (κ2) is 7.61. The maximum Gasteiger partial charge on any atom is 0.511 e. The average Bonchev–Trinajstić information content (AvgIpc) is 3.23. The molecule has 3 rings (SSSR count). The Kier molecular flexibility index (Phi) is 5.27. The summed E-state index contributed by atoms with van der Waals surface area (Å²) in [6.45, 7) is 3.82. The van der Waals surface area contributed by atoms with E-state index >= 15 is 0 Å². The molecule has 0 N–H and O–H groups in total. The van der Waals surface area contributed by atoms with Crippen molar-refractivity contribution in [3.05, 3.63) is 23.3 Å². The Labute approximate surface area is 149 Å². The van der Waals surface area contributed by atoms with Gasteiger partial charge in [-0.1, -0.05) is 0 Å².